The number of nitrogens with one attached hydrogen (secondary N) is 1. The summed E-state index contributed by atoms with van der Waals surface area (Å²) >= 11 is 0. The third-order valence-electron chi connectivity index (χ3n) is 5.02. The SMILES string of the molecule is O=C(CCc1ccc(S(=O)(=O)c2ccc(F)cc2C(F)(F)F)cc1)c1cnc2[nH]ncc2c1. The first kappa shape index (κ1) is 22.6. The number of carbonyl (C=O) groups excluding carboxylic acids is 1. The van der Waals surface area contributed by atoms with Crippen LogP contribution in [0.25, 0.3) is 11.0 Å². The lowest BCUT2D eigenvalue weighted by molar-refractivity contribution is -0.140. The average Bonchev–Trinajstić information content (AvgIpc) is 3.25. The van der Waals surface area contributed by atoms with Gasteiger partial charge in [0.15, 0.2) is 11.4 Å². The summed E-state index contributed by atoms with van der Waals surface area (Å²) in [4.78, 5) is 15.2. The summed E-state index contributed by atoms with van der Waals surface area (Å²) < 4.78 is 78.6. The van der Waals surface area contributed by atoms with Gasteiger partial charge in [-0.05, 0) is 48.4 Å². The number of aromatic amines is 1. The number of ketones is 1. The predicted molar refractivity (Wildman–Crippen MR) is 110 cm³/mol. The zero-order valence-electron chi connectivity index (χ0n) is 16.7. The number of aromatic nitrogens is 3. The maximum atomic E-state index is 13.3. The van der Waals surface area contributed by atoms with Crippen molar-refractivity contribution in [2.45, 2.75) is 28.8 Å². The Balaban J connectivity index is 1.52. The maximum Gasteiger partial charge on any atom is 0.417 e. The van der Waals surface area contributed by atoms with Gasteiger partial charge in [-0.25, -0.2) is 17.8 Å². The summed E-state index contributed by atoms with van der Waals surface area (Å²) in [5.41, 5.74) is 0.00689. The number of carbonyl (C=O) groups is 1. The molecule has 4 aromatic rings. The molecule has 11 heteroatoms. The first-order valence-corrected chi connectivity index (χ1v) is 11.1. The minimum Gasteiger partial charge on any atom is -0.294 e. The summed E-state index contributed by atoms with van der Waals surface area (Å²) in [7, 11) is -4.55. The molecule has 0 saturated heterocycles. The Morgan fingerprint density at radius 3 is 2.42 bits per heavy atom. The number of aryl methyl sites for hydroxylation is 1. The second kappa shape index (κ2) is 8.39. The fourth-order valence-corrected chi connectivity index (χ4v) is 4.77. The maximum absolute atomic E-state index is 13.3. The molecule has 2 aromatic carbocycles. The largest absolute Gasteiger partial charge is 0.417 e. The Morgan fingerprint density at radius 1 is 1.00 bits per heavy atom. The molecule has 0 aliphatic carbocycles. The van der Waals surface area contributed by atoms with E-state index in [1.807, 2.05) is 0 Å². The molecule has 170 valence electrons. The third kappa shape index (κ3) is 4.63. The summed E-state index contributed by atoms with van der Waals surface area (Å²) in [6, 6.07) is 8.26. The molecule has 1 N–H and O–H groups in total. The van der Waals surface area contributed by atoms with Crippen molar-refractivity contribution in [3.05, 3.63) is 83.4 Å². The van der Waals surface area contributed by atoms with E-state index in [0.29, 0.717) is 34.3 Å². The van der Waals surface area contributed by atoms with Crippen LogP contribution in [-0.2, 0) is 22.4 Å². The van der Waals surface area contributed by atoms with Gasteiger partial charge in [0, 0.05) is 23.6 Å². The van der Waals surface area contributed by atoms with Crippen molar-refractivity contribution in [2.75, 3.05) is 0 Å². The van der Waals surface area contributed by atoms with Crippen molar-refractivity contribution in [1.29, 1.82) is 0 Å². The summed E-state index contributed by atoms with van der Waals surface area (Å²) in [5.74, 6) is -1.37. The van der Waals surface area contributed by atoms with E-state index < -0.39 is 32.3 Å². The molecule has 0 atom stereocenters. The summed E-state index contributed by atoms with van der Waals surface area (Å²) in [6.45, 7) is 0. The molecule has 2 aromatic heterocycles. The van der Waals surface area contributed by atoms with Crippen molar-refractivity contribution in [3.63, 3.8) is 0 Å². The van der Waals surface area contributed by atoms with E-state index >= 15 is 0 Å². The highest BCUT2D eigenvalue weighted by molar-refractivity contribution is 7.91. The zero-order chi connectivity index (χ0) is 23.8. The molecule has 0 radical (unpaired) electrons. The van der Waals surface area contributed by atoms with Crippen LogP contribution in [0.3, 0.4) is 0 Å². The monoisotopic (exact) mass is 477 g/mol. The van der Waals surface area contributed by atoms with Crippen LogP contribution in [0.2, 0.25) is 0 Å². The van der Waals surface area contributed by atoms with Crippen LogP contribution in [-0.4, -0.2) is 29.4 Å². The number of halogens is 4. The van der Waals surface area contributed by atoms with Gasteiger partial charge in [0.25, 0.3) is 0 Å². The molecule has 33 heavy (non-hydrogen) atoms. The molecule has 0 amide bonds. The van der Waals surface area contributed by atoms with E-state index in [1.54, 1.807) is 12.3 Å². The van der Waals surface area contributed by atoms with Crippen molar-refractivity contribution in [3.8, 4) is 0 Å². The Bertz CT molecular complexity index is 1450. The van der Waals surface area contributed by atoms with Crippen LogP contribution in [0.15, 0.2) is 70.7 Å². The fourth-order valence-electron chi connectivity index (χ4n) is 3.31. The number of benzene rings is 2. The second-order valence-electron chi connectivity index (χ2n) is 7.24. The third-order valence-corrected chi connectivity index (χ3v) is 6.85. The van der Waals surface area contributed by atoms with Gasteiger partial charge >= 0.3 is 6.18 Å². The quantitative estimate of drug-likeness (QED) is 0.246. The van der Waals surface area contributed by atoms with Crippen molar-refractivity contribution in [2.24, 2.45) is 0 Å². The Kier molecular flexibility index (Phi) is 5.75. The number of alkyl halides is 3. The number of Topliss-reactive ketones (excluding diaryl/α,β-unsaturated/α-hetero) is 1. The predicted octanol–water partition coefficient (Wildman–Crippen LogP) is 4.76. The highest BCUT2D eigenvalue weighted by Gasteiger charge is 2.38. The van der Waals surface area contributed by atoms with E-state index in [0.717, 1.165) is 12.1 Å². The first-order chi connectivity index (χ1) is 15.6. The van der Waals surface area contributed by atoms with Crippen molar-refractivity contribution < 1.29 is 30.8 Å². The Labute approximate surface area is 185 Å². The van der Waals surface area contributed by atoms with E-state index in [2.05, 4.69) is 15.2 Å². The smallest absolute Gasteiger partial charge is 0.294 e. The van der Waals surface area contributed by atoms with Gasteiger partial charge in [0.05, 0.1) is 21.6 Å². The zero-order valence-corrected chi connectivity index (χ0v) is 17.5. The van der Waals surface area contributed by atoms with Gasteiger partial charge in [-0.2, -0.15) is 18.3 Å². The van der Waals surface area contributed by atoms with Crippen molar-refractivity contribution >= 4 is 26.7 Å². The van der Waals surface area contributed by atoms with Gasteiger partial charge in [-0.1, -0.05) is 12.1 Å². The molecule has 4 rings (SSSR count). The summed E-state index contributed by atoms with van der Waals surface area (Å²) in [6.07, 6.45) is -1.66. The second-order valence-corrected chi connectivity index (χ2v) is 9.16. The molecule has 0 fully saturated rings. The number of pyridine rings is 1. The van der Waals surface area contributed by atoms with Gasteiger partial charge in [-0.3, -0.25) is 9.89 Å². The lowest BCUT2D eigenvalue weighted by Crippen LogP contribution is -2.14. The first-order valence-electron chi connectivity index (χ1n) is 9.59. The van der Waals surface area contributed by atoms with E-state index in [4.69, 9.17) is 0 Å². The van der Waals surface area contributed by atoms with Gasteiger partial charge in [0.1, 0.15) is 5.82 Å². The van der Waals surface area contributed by atoms with Crippen LogP contribution >= 0.6 is 0 Å². The van der Waals surface area contributed by atoms with Gasteiger partial charge in [-0.15, -0.1) is 0 Å². The number of hydrogen-bond acceptors (Lipinski definition) is 5. The molecule has 0 aliphatic heterocycles. The standard InChI is InChI=1S/C22H15F4N3O3S/c23-16-4-8-20(18(10-16)22(24,25)26)33(31,32)17-5-1-13(2-6-17)3-7-19(30)14-9-15-12-28-29-21(15)27-11-14/h1-2,4-6,8-12H,3,7H2,(H,27,28,29). The lowest BCUT2D eigenvalue weighted by atomic mass is 10.0. The Hall–Kier alpha value is -3.60. The normalized spacial score (nSPS) is 12.2. The molecule has 0 bridgehead atoms. The molecule has 0 saturated carbocycles. The van der Waals surface area contributed by atoms with Crippen LogP contribution in [0.1, 0.15) is 27.9 Å². The molecule has 6 nitrogen and oxygen atoms in total. The Morgan fingerprint density at radius 2 is 1.73 bits per heavy atom. The molecule has 0 unspecified atom stereocenters. The van der Waals surface area contributed by atoms with Crippen LogP contribution in [0, 0.1) is 5.82 Å². The average molecular weight is 477 g/mol. The molecule has 2 heterocycles. The highest BCUT2D eigenvalue weighted by atomic mass is 32.2. The van der Waals surface area contributed by atoms with E-state index in [1.165, 1.54) is 18.3 Å². The van der Waals surface area contributed by atoms with Crippen LogP contribution in [0.5, 0.6) is 0 Å². The van der Waals surface area contributed by atoms with E-state index in [9.17, 15) is 30.8 Å². The summed E-state index contributed by atoms with van der Waals surface area (Å²) in [5, 5.41) is 7.21. The highest BCUT2D eigenvalue weighted by Crippen LogP contribution is 2.37. The van der Waals surface area contributed by atoms with Crippen LogP contribution in [0.4, 0.5) is 17.6 Å². The minimum absolute atomic E-state index is 0.118. The fraction of sp³-hybridized carbons (Fsp3) is 0.136. The molecular weight excluding hydrogens is 462 g/mol. The molecular formula is C22H15F4N3O3S. The number of nitrogens with zero attached hydrogens (tertiary/aromatic N) is 2. The van der Waals surface area contributed by atoms with Crippen molar-refractivity contribution in [1.82, 2.24) is 15.2 Å². The lowest BCUT2D eigenvalue weighted by Gasteiger charge is -2.13. The number of fused-ring (bicyclic) bond motifs is 1. The number of rotatable bonds is 6. The van der Waals surface area contributed by atoms with E-state index in [-0.39, 0.29) is 29.6 Å². The number of sulfone groups is 1. The minimum atomic E-state index is -5.04. The molecule has 0 aliphatic rings. The molecule has 0 spiro atoms. The van der Waals surface area contributed by atoms with Gasteiger partial charge in [0.2, 0.25) is 9.84 Å². The number of H-pyrrole nitrogens is 1. The van der Waals surface area contributed by atoms with Crippen LogP contribution < -0.4 is 0 Å². The topological polar surface area (TPSA) is 92.8 Å². The number of hydrogen-bond donors (Lipinski definition) is 1. The van der Waals surface area contributed by atoms with Gasteiger partial charge < -0.3 is 0 Å².